The van der Waals surface area contributed by atoms with E-state index < -0.39 is 11.9 Å². The van der Waals surface area contributed by atoms with Gasteiger partial charge in [0.05, 0.1) is 60.2 Å². The van der Waals surface area contributed by atoms with E-state index in [1.165, 1.54) is 29.8 Å². The Morgan fingerprint density at radius 1 is 0.672 bits per heavy atom. The van der Waals surface area contributed by atoms with Crippen molar-refractivity contribution in [2.24, 2.45) is 11.8 Å². The van der Waals surface area contributed by atoms with Crippen molar-refractivity contribution in [2.45, 2.75) is 26.7 Å². The van der Waals surface area contributed by atoms with Gasteiger partial charge in [-0.2, -0.15) is 0 Å². The Balaban J connectivity index is 0.000000315. The zero-order valence-electron chi connectivity index (χ0n) is 34.0. The second-order valence-electron chi connectivity index (χ2n) is 13.6. The number of carbonyl (C=O) groups excluding carboxylic acids is 1. The number of carboxylic acids is 1. The second-order valence-corrected chi connectivity index (χ2v) is 17.2. The van der Waals surface area contributed by atoms with Gasteiger partial charge in [-0.15, -0.1) is 0 Å². The van der Waals surface area contributed by atoms with Crippen LogP contribution in [-0.4, -0.2) is 52.7 Å². The van der Waals surface area contributed by atoms with E-state index in [4.69, 9.17) is 56.1 Å². The van der Waals surface area contributed by atoms with Crippen LogP contribution in [0.25, 0.3) is 33.7 Å². The number of aromatic nitrogens is 2. The first-order chi connectivity index (χ1) is 28.2. The molecule has 0 aliphatic carbocycles. The molecule has 2 unspecified atom stereocenters. The number of nitrogens with one attached hydrogen (secondary N) is 2. The van der Waals surface area contributed by atoms with Crippen molar-refractivity contribution >= 4 is 102 Å². The van der Waals surface area contributed by atoms with Crippen molar-refractivity contribution in [2.75, 3.05) is 30.8 Å². The molecule has 0 aliphatic heterocycles. The van der Waals surface area contributed by atoms with Crippen molar-refractivity contribution < 1.29 is 43.8 Å². The van der Waals surface area contributed by atoms with Gasteiger partial charge in [-0.3, -0.25) is 9.59 Å². The Kier molecular flexibility index (Phi) is 20.6. The van der Waals surface area contributed by atoms with E-state index in [-0.39, 0.29) is 42.8 Å². The Hall–Kier alpha value is -4.12. The quantitative estimate of drug-likeness (QED) is 0.0639. The van der Waals surface area contributed by atoms with Gasteiger partial charge in [0.15, 0.2) is 10.3 Å². The number of anilines is 2. The Morgan fingerprint density at radius 3 is 1.43 bits per heavy atom. The van der Waals surface area contributed by atoms with Gasteiger partial charge < -0.3 is 26.0 Å². The molecule has 2 atom stereocenters. The van der Waals surface area contributed by atoms with Crippen LogP contribution in [0.2, 0.25) is 20.1 Å². The third kappa shape index (κ3) is 14.5. The summed E-state index contributed by atoms with van der Waals surface area (Å²) < 4.78 is 5.00. The molecular formula is C45H43Cl4LiN4O5S2. The van der Waals surface area contributed by atoms with Gasteiger partial charge in [-0.1, -0.05) is 155 Å². The SMILES string of the molecule is C=C(C)c1sc(NCC(Cc2ccccc2)C(=O)O)nc1-c1ccc(Cl)c(Cl)c1.C=C(C)c1sc(NCC(Cc2ccccc2)C(=O)OC)nc1-c1ccc(Cl)c(Cl)c1.[Li+].[OH-]. The smallest absolute Gasteiger partial charge is 0.870 e. The molecule has 0 aliphatic rings. The number of hydrogen-bond donors (Lipinski definition) is 3. The van der Waals surface area contributed by atoms with Crippen molar-refractivity contribution in [3.05, 3.63) is 151 Å². The molecule has 9 nitrogen and oxygen atoms in total. The molecule has 0 amide bonds. The summed E-state index contributed by atoms with van der Waals surface area (Å²) in [5.41, 5.74) is 7.06. The molecule has 6 rings (SSSR count). The fraction of sp³-hybridized carbons (Fsp3) is 0.200. The number of rotatable bonds is 16. The van der Waals surface area contributed by atoms with Gasteiger partial charge in [0.1, 0.15) is 0 Å². The summed E-state index contributed by atoms with van der Waals surface area (Å²) in [7, 11) is 1.41. The van der Waals surface area contributed by atoms with Crippen LogP contribution in [0.4, 0.5) is 10.3 Å². The number of hydrogen-bond acceptors (Lipinski definition) is 10. The molecule has 0 saturated heterocycles. The number of methoxy groups -OCH3 is 1. The van der Waals surface area contributed by atoms with Gasteiger partial charge in [0, 0.05) is 24.2 Å². The summed E-state index contributed by atoms with van der Waals surface area (Å²) in [5, 5.41) is 19.3. The fourth-order valence-corrected chi connectivity index (χ4v) is 8.36. The fourth-order valence-electron chi connectivity index (χ4n) is 5.92. The van der Waals surface area contributed by atoms with E-state index in [0.717, 1.165) is 54.5 Å². The van der Waals surface area contributed by atoms with Crippen LogP contribution in [0.15, 0.2) is 110 Å². The number of esters is 1. The number of halogens is 4. The predicted molar refractivity (Wildman–Crippen MR) is 250 cm³/mol. The Labute approximate surface area is 396 Å². The van der Waals surface area contributed by atoms with Crippen molar-refractivity contribution in [1.82, 2.24) is 9.97 Å². The number of allylic oxidation sites excluding steroid dienone is 2. The summed E-state index contributed by atoms with van der Waals surface area (Å²) in [4.78, 5) is 35.2. The van der Waals surface area contributed by atoms with Crippen molar-refractivity contribution in [3.63, 3.8) is 0 Å². The van der Waals surface area contributed by atoms with Crippen LogP contribution in [0.3, 0.4) is 0 Å². The van der Waals surface area contributed by atoms with E-state index in [1.54, 1.807) is 24.3 Å². The topological polar surface area (TPSA) is 143 Å². The van der Waals surface area contributed by atoms with Crippen molar-refractivity contribution in [1.29, 1.82) is 0 Å². The van der Waals surface area contributed by atoms with Gasteiger partial charge in [-0.05, 0) is 73.2 Å². The molecular weight excluding hydrogens is 889 g/mol. The molecule has 0 spiro atoms. The molecule has 16 heteroatoms. The van der Waals surface area contributed by atoms with Crippen LogP contribution in [-0.2, 0) is 27.2 Å². The normalized spacial score (nSPS) is 11.4. The maximum absolute atomic E-state index is 12.3. The molecule has 6 aromatic rings. The van der Waals surface area contributed by atoms with E-state index in [9.17, 15) is 14.7 Å². The van der Waals surface area contributed by atoms with E-state index in [0.29, 0.717) is 49.7 Å². The Morgan fingerprint density at radius 2 is 1.07 bits per heavy atom. The zero-order chi connectivity index (χ0) is 42.6. The number of ether oxygens (including phenoxy) is 1. The average Bonchev–Trinajstić information content (AvgIpc) is 3.86. The zero-order valence-corrected chi connectivity index (χ0v) is 38.6. The van der Waals surface area contributed by atoms with Gasteiger partial charge in [0.2, 0.25) is 0 Å². The van der Waals surface area contributed by atoms with Crippen LogP contribution in [0.1, 0.15) is 34.7 Å². The van der Waals surface area contributed by atoms with Crippen molar-refractivity contribution in [3.8, 4) is 22.5 Å². The monoisotopic (exact) mass is 930 g/mol. The van der Waals surface area contributed by atoms with Crippen LogP contribution in [0.5, 0.6) is 0 Å². The molecule has 314 valence electrons. The predicted octanol–water partition coefficient (Wildman–Crippen LogP) is 9.93. The standard InChI is InChI=1S/C23H22Cl2N2O2S.C22H20Cl2N2O2S.Li.H2O/c1-14(2)21-20(16-9-10-18(24)19(25)12-16)27-23(30-21)26-13-17(22(28)29-3)11-15-7-5-4-6-8-15;1-13(2)20-19(15-8-9-17(23)18(24)11-15)26-22(29-20)25-12-16(21(27)28)10-14-6-4-3-5-7-14;;/h4-10,12,17H,1,11,13H2,2-3H3,(H,26,27);3-9,11,16H,1,10,12H2,2H3,(H,25,26)(H,27,28);;1H2/q;;+1;/p-1. The summed E-state index contributed by atoms with van der Waals surface area (Å²) in [6.45, 7) is 12.6. The minimum Gasteiger partial charge on any atom is -0.870 e. The first-order valence-corrected chi connectivity index (χ1v) is 21.5. The molecule has 4 aromatic carbocycles. The van der Waals surface area contributed by atoms with Crippen LogP contribution < -0.4 is 29.5 Å². The molecule has 0 radical (unpaired) electrons. The summed E-state index contributed by atoms with van der Waals surface area (Å²) in [5.74, 6) is -2.00. The minimum absolute atomic E-state index is 0. The molecule has 0 fully saturated rings. The van der Waals surface area contributed by atoms with E-state index in [1.807, 2.05) is 86.6 Å². The first-order valence-electron chi connectivity index (χ1n) is 18.3. The Bertz CT molecular complexity index is 2430. The maximum Gasteiger partial charge on any atom is 1.00 e. The molecule has 2 aromatic heterocycles. The summed E-state index contributed by atoms with van der Waals surface area (Å²) >= 11 is 27.3. The number of benzene rings is 4. The second kappa shape index (κ2) is 24.5. The third-order valence-corrected chi connectivity index (χ3v) is 12.8. The summed E-state index contributed by atoms with van der Waals surface area (Å²) in [6.07, 6.45) is 1.03. The minimum atomic E-state index is -0.845. The average molecular weight is 933 g/mol. The maximum atomic E-state index is 12.3. The van der Waals surface area contributed by atoms with Crippen LogP contribution in [0, 0.1) is 11.8 Å². The molecule has 4 N–H and O–H groups in total. The molecule has 61 heavy (non-hydrogen) atoms. The number of thiazole rings is 2. The number of aliphatic carboxylic acids is 1. The van der Waals surface area contributed by atoms with E-state index >= 15 is 0 Å². The molecule has 0 saturated carbocycles. The van der Waals surface area contributed by atoms with Gasteiger partial charge in [-0.25, -0.2) is 9.97 Å². The number of nitrogens with zero attached hydrogens (tertiary/aromatic N) is 2. The largest absolute Gasteiger partial charge is 1.00 e. The molecule has 2 heterocycles. The van der Waals surface area contributed by atoms with E-state index in [2.05, 4.69) is 28.8 Å². The van der Waals surface area contributed by atoms with Crippen LogP contribution >= 0.6 is 69.1 Å². The first kappa shape index (κ1) is 51.2. The van der Waals surface area contributed by atoms with Gasteiger partial charge in [0.25, 0.3) is 0 Å². The number of carboxylic acid groups (broad SMARTS) is 1. The number of carbonyl (C=O) groups is 2. The van der Waals surface area contributed by atoms with Gasteiger partial charge >= 0.3 is 30.8 Å². The molecule has 0 bridgehead atoms. The third-order valence-electron chi connectivity index (χ3n) is 8.95. The summed E-state index contributed by atoms with van der Waals surface area (Å²) in [6, 6.07) is 30.2.